The van der Waals surface area contributed by atoms with Gasteiger partial charge in [0.2, 0.25) is 0 Å². The van der Waals surface area contributed by atoms with E-state index in [-0.39, 0.29) is 17.1 Å². The number of carbonyl (C=O) groups is 2. The molecule has 1 aliphatic rings. The molecular weight excluding hydrogens is 318 g/mol. The molecule has 0 saturated heterocycles. The second-order valence-electron chi connectivity index (χ2n) is 5.12. The maximum Gasteiger partial charge on any atom is 0.432 e. The number of carbonyl (C=O) groups excluding carboxylic acids is 1. The van der Waals surface area contributed by atoms with Crippen LogP contribution < -0.4 is 10.6 Å². The Kier molecular flexibility index (Phi) is 3.96. The molecule has 0 aliphatic carbocycles. The van der Waals surface area contributed by atoms with Gasteiger partial charge in [-0.2, -0.15) is 4.68 Å². The summed E-state index contributed by atoms with van der Waals surface area (Å²) in [4.78, 5) is 34.0. The van der Waals surface area contributed by atoms with Gasteiger partial charge in [0.1, 0.15) is 5.56 Å². The number of fused-ring (bicyclic) bond motifs is 1. The van der Waals surface area contributed by atoms with Crippen molar-refractivity contribution in [2.45, 2.75) is 13.0 Å². The molecule has 1 amide bonds. The summed E-state index contributed by atoms with van der Waals surface area (Å²) in [6.45, 7) is 0.957. The molecule has 3 N–H and O–H groups in total. The lowest BCUT2D eigenvalue weighted by atomic mass is 10.1. The number of anilines is 1. The van der Waals surface area contributed by atoms with Crippen LogP contribution in [-0.2, 0) is 13.0 Å². The number of benzene rings is 1. The third-order valence-corrected chi connectivity index (χ3v) is 3.69. The van der Waals surface area contributed by atoms with Crippen molar-refractivity contribution in [3.05, 3.63) is 51.2 Å². The van der Waals surface area contributed by atoms with Crippen LogP contribution in [0.25, 0.3) is 0 Å². The molecule has 1 aliphatic heterocycles. The molecule has 3 rings (SSSR count). The van der Waals surface area contributed by atoms with Crippen LogP contribution in [0.5, 0.6) is 0 Å². The van der Waals surface area contributed by atoms with E-state index in [0.29, 0.717) is 30.8 Å². The van der Waals surface area contributed by atoms with E-state index in [1.807, 2.05) is 0 Å². The third kappa shape index (κ3) is 2.70. The smallest absolute Gasteiger partial charge is 0.432 e. The summed E-state index contributed by atoms with van der Waals surface area (Å²) in [6.07, 6.45) is -0.796. The standard InChI is InChI=1S/C14H13N5O5/c20-13(8-3-1-2-4-11(8)19(23)24)16-12-9-7-15-6-5-10(9)18(17-12)14(21)22/h1-4,15H,5-7H2,(H,21,22)(H,16,17,20). The number of nitro benzene ring substituents is 1. The summed E-state index contributed by atoms with van der Waals surface area (Å²) in [5.41, 5.74) is 0.610. The first kappa shape index (κ1) is 15.6. The highest BCUT2D eigenvalue weighted by Crippen LogP contribution is 2.24. The normalized spacial score (nSPS) is 13.2. The Labute approximate surface area is 135 Å². The Morgan fingerprint density at radius 3 is 2.83 bits per heavy atom. The molecule has 0 atom stereocenters. The summed E-state index contributed by atoms with van der Waals surface area (Å²) in [5.74, 6) is -0.631. The number of nitrogens with zero attached hydrogens (tertiary/aromatic N) is 3. The fourth-order valence-corrected chi connectivity index (χ4v) is 2.61. The molecule has 0 radical (unpaired) electrons. The Morgan fingerprint density at radius 2 is 2.12 bits per heavy atom. The van der Waals surface area contributed by atoms with Crippen LogP contribution in [0.15, 0.2) is 24.3 Å². The second-order valence-corrected chi connectivity index (χ2v) is 5.12. The van der Waals surface area contributed by atoms with E-state index in [0.717, 1.165) is 4.68 Å². The van der Waals surface area contributed by atoms with E-state index in [9.17, 15) is 24.8 Å². The van der Waals surface area contributed by atoms with Crippen molar-refractivity contribution in [3.8, 4) is 0 Å². The van der Waals surface area contributed by atoms with Crippen LogP contribution in [0.1, 0.15) is 21.6 Å². The molecule has 2 aromatic rings. The van der Waals surface area contributed by atoms with Gasteiger partial charge in [0.15, 0.2) is 5.82 Å². The summed E-state index contributed by atoms with van der Waals surface area (Å²) in [7, 11) is 0. The first-order valence-corrected chi connectivity index (χ1v) is 7.08. The number of hydrogen-bond donors (Lipinski definition) is 3. The summed E-state index contributed by atoms with van der Waals surface area (Å²) >= 11 is 0. The van der Waals surface area contributed by atoms with Gasteiger partial charge in [0, 0.05) is 31.1 Å². The zero-order chi connectivity index (χ0) is 17.3. The Balaban J connectivity index is 1.96. The van der Waals surface area contributed by atoms with Crippen molar-refractivity contribution in [2.24, 2.45) is 0 Å². The zero-order valence-electron chi connectivity index (χ0n) is 12.4. The Morgan fingerprint density at radius 1 is 1.38 bits per heavy atom. The Hall–Kier alpha value is -3.27. The predicted octanol–water partition coefficient (Wildman–Crippen LogP) is 1.22. The molecule has 1 aromatic carbocycles. The molecule has 0 fully saturated rings. The van der Waals surface area contributed by atoms with Crippen LogP contribution in [0.2, 0.25) is 0 Å². The minimum atomic E-state index is -1.25. The summed E-state index contributed by atoms with van der Waals surface area (Å²) in [6, 6.07) is 5.52. The van der Waals surface area contributed by atoms with Crippen LogP contribution >= 0.6 is 0 Å². The molecule has 2 heterocycles. The van der Waals surface area contributed by atoms with Crippen LogP contribution in [0, 0.1) is 10.1 Å². The van der Waals surface area contributed by atoms with Gasteiger partial charge >= 0.3 is 6.09 Å². The average Bonchev–Trinajstić information content (AvgIpc) is 2.94. The largest absolute Gasteiger partial charge is 0.463 e. The van der Waals surface area contributed by atoms with E-state index in [1.54, 1.807) is 0 Å². The monoisotopic (exact) mass is 331 g/mol. The van der Waals surface area contributed by atoms with Gasteiger partial charge in [-0.25, -0.2) is 4.79 Å². The maximum atomic E-state index is 12.4. The number of carboxylic acid groups (broad SMARTS) is 1. The molecule has 24 heavy (non-hydrogen) atoms. The first-order valence-electron chi connectivity index (χ1n) is 7.08. The van der Waals surface area contributed by atoms with Gasteiger partial charge in [0.25, 0.3) is 11.6 Å². The lowest BCUT2D eigenvalue weighted by Gasteiger charge is -2.14. The maximum absolute atomic E-state index is 12.4. The molecule has 10 heteroatoms. The van der Waals surface area contributed by atoms with E-state index >= 15 is 0 Å². The van der Waals surface area contributed by atoms with E-state index < -0.39 is 16.9 Å². The highest BCUT2D eigenvalue weighted by molar-refractivity contribution is 6.07. The average molecular weight is 331 g/mol. The van der Waals surface area contributed by atoms with Crippen LogP contribution in [-0.4, -0.2) is 38.4 Å². The predicted molar refractivity (Wildman–Crippen MR) is 82.1 cm³/mol. The minimum Gasteiger partial charge on any atom is -0.463 e. The van der Waals surface area contributed by atoms with Gasteiger partial charge in [-0.3, -0.25) is 14.9 Å². The third-order valence-electron chi connectivity index (χ3n) is 3.69. The van der Waals surface area contributed by atoms with Crippen LogP contribution in [0.3, 0.4) is 0 Å². The van der Waals surface area contributed by atoms with E-state index in [2.05, 4.69) is 15.7 Å². The van der Waals surface area contributed by atoms with Gasteiger partial charge < -0.3 is 15.7 Å². The Bertz CT molecular complexity index is 844. The van der Waals surface area contributed by atoms with Crippen molar-refractivity contribution in [2.75, 3.05) is 11.9 Å². The molecular formula is C14H13N5O5. The molecule has 0 bridgehead atoms. The highest BCUT2D eigenvalue weighted by Gasteiger charge is 2.26. The first-order chi connectivity index (χ1) is 11.5. The number of nitro groups is 1. The molecule has 0 spiro atoms. The number of para-hydroxylation sites is 1. The number of amides is 1. The second kappa shape index (κ2) is 6.08. The van der Waals surface area contributed by atoms with E-state index in [4.69, 9.17) is 0 Å². The van der Waals surface area contributed by atoms with Crippen LogP contribution in [0.4, 0.5) is 16.3 Å². The number of rotatable bonds is 3. The molecule has 0 saturated carbocycles. The summed E-state index contributed by atoms with van der Waals surface area (Å²) < 4.78 is 0.825. The van der Waals surface area contributed by atoms with Crippen molar-refractivity contribution in [1.29, 1.82) is 0 Å². The van der Waals surface area contributed by atoms with Crippen molar-refractivity contribution in [1.82, 2.24) is 15.1 Å². The molecule has 1 aromatic heterocycles. The van der Waals surface area contributed by atoms with Gasteiger partial charge in [-0.1, -0.05) is 12.1 Å². The number of hydrogen-bond acceptors (Lipinski definition) is 6. The highest BCUT2D eigenvalue weighted by atomic mass is 16.6. The topological polar surface area (TPSA) is 139 Å². The van der Waals surface area contributed by atoms with Crippen molar-refractivity contribution >= 4 is 23.5 Å². The summed E-state index contributed by atoms with van der Waals surface area (Å²) in [5, 5.41) is 29.7. The van der Waals surface area contributed by atoms with Gasteiger partial charge in [-0.15, -0.1) is 5.10 Å². The van der Waals surface area contributed by atoms with Crippen molar-refractivity contribution in [3.63, 3.8) is 0 Å². The van der Waals surface area contributed by atoms with Crippen molar-refractivity contribution < 1.29 is 19.6 Å². The number of nitrogens with one attached hydrogen (secondary N) is 2. The number of aromatic nitrogens is 2. The molecule has 124 valence electrons. The molecule has 10 nitrogen and oxygen atoms in total. The minimum absolute atomic E-state index is 0.0859. The quantitative estimate of drug-likeness (QED) is 0.567. The molecule has 0 unspecified atom stereocenters. The van der Waals surface area contributed by atoms with E-state index in [1.165, 1.54) is 24.3 Å². The fraction of sp³-hybridized carbons (Fsp3) is 0.214. The lowest BCUT2D eigenvalue weighted by Crippen LogP contribution is -2.26. The zero-order valence-corrected chi connectivity index (χ0v) is 12.4. The van der Waals surface area contributed by atoms with Gasteiger partial charge in [0.05, 0.1) is 10.6 Å². The van der Waals surface area contributed by atoms with Gasteiger partial charge in [-0.05, 0) is 6.07 Å². The lowest BCUT2D eigenvalue weighted by molar-refractivity contribution is -0.385. The SMILES string of the molecule is O=C(Nc1nn(C(=O)O)c2c1CNCC2)c1ccccc1[N+](=O)[O-]. The fourth-order valence-electron chi connectivity index (χ4n) is 2.61.